The molecule has 8 heteroatoms. The highest BCUT2D eigenvalue weighted by molar-refractivity contribution is 6.38. The number of carbonyl (C=O) groups excluding carboxylic acids is 2. The average molecular weight is 310 g/mol. The number of primary amides is 1. The maximum atomic E-state index is 10.7. The van der Waals surface area contributed by atoms with Gasteiger partial charge >= 0.3 is 11.9 Å². The maximum absolute atomic E-state index is 10.7. The summed E-state index contributed by atoms with van der Waals surface area (Å²) in [4.78, 5) is 30.7. The summed E-state index contributed by atoms with van der Waals surface area (Å²) in [5.41, 5.74) is 5.81. The summed E-state index contributed by atoms with van der Waals surface area (Å²) < 4.78 is 4.33. The van der Waals surface area contributed by atoms with Gasteiger partial charge in [-0.25, -0.2) is 0 Å². The minimum Gasteiger partial charge on any atom is -0.481 e. The summed E-state index contributed by atoms with van der Waals surface area (Å²) >= 11 is 0. The van der Waals surface area contributed by atoms with E-state index in [4.69, 9.17) is 16.0 Å². The normalized spacial score (nSPS) is 10.1. The molecule has 0 aliphatic heterocycles. The lowest BCUT2D eigenvalue weighted by Gasteiger charge is -1.99. The number of nitrogens with two attached hydrogens (primary N) is 1. The lowest BCUT2D eigenvalue weighted by Crippen LogP contribution is -2.25. The zero-order valence-corrected chi connectivity index (χ0v) is 12.1. The monoisotopic (exact) mass is 310 g/mol. The number of carboxylic acid groups (broad SMARTS) is 1. The highest BCUT2D eigenvalue weighted by Gasteiger charge is 2.08. The van der Waals surface area contributed by atoms with E-state index in [0.29, 0.717) is 0 Å². The second kappa shape index (κ2) is 10.8. The highest BCUT2D eigenvalue weighted by Crippen LogP contribution is 2.00. The largest absolute Gasteiger partial charge is 0.481 e. The molecule has 0 aliphatic rings. The number of oxime groups is 1. The van der Waals surface area contributed by atoms with Gasteiger partial charge in [-0.1, -0.05) is 35.5 Å². The molecule has 0 fully saturated rings. The molecule has 0 aliphatic carbocycles. The van der Waals surface area contributed by atoms with Gasteiger partial charge in [-0.3, -0.25) is 14.4 Å². The van der Waals surface area contributed by atoms with Crippen LogP contribution in [-0.2, 0) is 25.5 Å². The van der Waals surface area contributed by atoms with Crippen molar-refractivity contribution in [3.8, 4) is 0 Å². The Morgan fingerprint density at radius 1 is 1.23 bits per heavy atom. The van der Waals surface area contributed by atoms with Gasteiger partial charge in [0.25, 0.3) is 5.91 Å². The van der Waals surface area contributed by atoms with E-state index in [-0.39, 0.29) is 18.7 Å². The summed E-state index contributed by atoms with van der Waals surface area (Å²) in [6.07, 6.45) is -0.291. The number of rotatable bonds is 6. The molecule has 0 saturated carbocycles. The van der Waals surface area contributed by atoms with E-state index < -0.39 is 24.3 Å². The van der Waals surface area contributed by atoms with Crippen molar-refractivity contribution in [2.75, 3.05) is 6.61 Å². The average Bonchev–Trinajstić information content (AvgIpc) is 2.45. The quantitative estimate of drug-likeness (QED) is 0.231. The molecule has 8 nitrogen and oxygen atoms in total. The molecule has 22 heavy (non-hydrogen) atoms. The van der Waals surface area contributed by atoms with Crippen LogP contribution in [0.2, 0.25) is 0 Å². The molecule has 4 N–H and O–H groups in total. The van der Waals surface area contributed by atoms with Crippen LogP contribution in [-0.4, -0.2) is 40.5 Å². The Labute approximate surface area is 127 Å². The van der Waals surface area contributed by atoms with Gasteiger partial charge in [-0.15, -0.1) is 0 Å². The van der Waals surface area contributed by atoms with Crippen LogP contribution in [0.5, 0.6) is 0 Å². The van der Waals surface area contributed by atoms with E-state index in [1.807, 2.05) is 30.3 Å². The Balaban J connectivity index is 0.000000433. The van der Waals surface area contributed by atoms with E-state index >= 15 is 0 Å². The first-order valence-electron chi connectivity index (χ1n) is 6.32. The maximum Gasteiger partial charge on any atom is 0.317 e. The third-order valence-corrected chi connectivity index (χ3v) is 2.22. The topological polar surface area (TPSA) is 139 Å². The lowest BCUT2D eigenvalue weighted by atomic mass is 10.1. The second-order valence-corrected chi connectivity index (χ2v) is 3.95. The van der Waals surface area contributed by atoms with Gasteiger partial charge in [-0.2, -0.15) is 0 Å². The van der Waals surface area contributed by atoms with Gasteiger partial charge in [0.1, 0.15) is 12.1 Å². The van der Waals surface area contributed by atoms with Crippen LogP contribution < -0.4 is 5.73 Å². The molecule has 0 heterocycles. The minimum absolute atomic E-state index is 0.0359. The minimum atomic E-state index is -1.16. The predicted molar refractivity (Wildman–Crippen MR) is 77.4 cm³/mol. The smallest absolute Gasteiger partial charge is 0.317 e. The van der Waals surface area contributed by atoms with Crippen molar-refractivity contribution in [3.05, 3.63) is 35.9 Å². The third-order valence-electron chi connectivity index (χ3n) is 2.22. The molecule has 0 saturated heterocycles. The molecule has 0 bridgehead atoms. The molecular formula is C14H18N2O6. The van der Waals surface area contributed by atoms with E-state index in [1.54, 1.807) is 6.92 Å². The standard InChI is InChI=1S/C9H10N2O2.C5H8O4/c10-9(12)8(11-13)6-7-4-2-1-3-5-7;1-2-9-5(8)3-4(6)7/h1-5,13H,6H2,(H2,10,12);2-3H2,1H3,(H,6,7). The Morgan fingerprint density at radius 3 is 2.23 bits per heavy atom. The number of carbonyl (C=O) groups is 3. The molecule has 0 radical (unpaired) electrons. The number of carboxylic acids is 1. The first-order chi connectivity index (χ1) is 10.4. The highest BCUT2D eigenvalue weighted by atomic mass is 16.5. The summed E-state index contributed by atoms with van der Waals surface area (Å²) in [6, 6.07) is 9.20. The van der Waals surface area contributed by atoms with Gasteiger partial charge in [0.2, 0.25) is 0 Å². The van der Waals surface area contributed by atoms with Crippen LogP contribution in [0.4, 0.5) is 0 Å². The Hall–Kier alpha value is -2.90. The van der Waals surface area contributed by atoms with Gasteiger partial charge in [-0.05, 0) is 12.5 Å². The van der Waals surface area contributed by atoms with Gasteiger partial charge in [0.05, 0.1) is 6.61 Å². The van der Waals surface area contributed by atoms with Crippen LogP contribution in [0.1, 0.15) is 18.9 Å². The van der Waals surface area contributed by atoms with Gasteiger partial charge < -0.3 is 20.8 Å². The number of benzene rings is 1. The van der Waals surface area contributed by atoms with Crippen LogP contribution in [0.25, 0.3) is 0 Å². The number of hydrogen-bond donors (Lipinski definition) is 3. The summed E-state index contributed by atoms with van der Waals surface area (Å²) in [6.45, 7) is 1.85. The number of hydrogen-bond acceptors (Lipinski definition) is 6. The van der Waals surface area contributed by atoms with Crippen molar-refractivity contribution in [2.45, 2.75) is 19.8 Å². The fourth-order valence-corrected chi connectivity index (χ4v) is 1.30. The summed E-state index contributed by atoms with van der Waals surface area (Å²) in [7, 11) is 0. The van der Waals surface area contributed by atoms with Crippen LogP contribution in [0.3, 0.4) is 0 Å². The SMILES string of the molecule is CCOC(=O)CC(=O)O.NC(=O)C(Cc1ccccc1)=NO. The van der Waals surface area contributed by atoms with Crippen molar-refractivity contribution >= 4 is 23.6 Å². The molecule has 1 amide bonds. The molecule has 0 unspecified atom stereocenters. The van der Waals surface area contributed by atoms with E-state index in [0.717, 1.165) is 5.56 Å². The first kappa shape index (κ1) is 19.1. The molecule has 0 spiro atoms. The van der Waals surface area contributed by atoms with Crippen LogP contribution >= 0.6 is 0 Å². The number of nitrogens with zero attached hydrogens (tertiary/aromatic N) is 1. The van der Waals surface area contributed by atoms with Crippen molar-refractivity contribution in [2.24, 2.45) is 10.9 Å². The second-order valence-electron chi connectivity index (χ2n) is 3.95. The number of ether oxygens (including phenoxy) is 1. The number of esters is 1. The number of aliphatic carboxylic acids is 1. The molecular weight excluding hydrogens is 292 g/mol. The van der Waals surface area contributed by atoms with Crippen LogP contribution in [0.15, 0.2) is 35.5 Å². The Morgan fingerprint density at radius 2 is 1.82 bits per heavy atom. The molecule has 0 aromatic heterocycles. The summed E-state index contributed by atoms with van der Waals surface area (Å²) in [5, 5.41) is 19.3. The predicted octanol–water partition coefficient (Wildman–Crippen LogP) is 0.569. The molecule has 1 rings (SSSR count). The van der Waals surface area contributed by atoms with Crippen molar-refractivity contribution in [1.29, 1.82) is 0 Å². The lowest BCUT2D eigenvalue weighted by molar-refractivity contribution is -0.150. The van der Waals surface area contributed by atoms with Crippen LogP contribution in [0, 0.1) is 0 Å². The van der Waals surface area contributed by atoms with E-state index in [2.05, 4.69) is 9.89 Å². The molecule has 0 atom stereocenters. The zero-order chi connectivity index (χ0) is 17.0. The fraction of sp³-hybridized carbons (Fsp3) is 0.286. The van der Waals surface area contributed by atoms with Gasteiger partial charge in [0, 0.05) is 6.42 Å². The molecule has 1 aromatic rings. The van der Waals surface area contributed by atoms with Crippen molar-refractivity contribution in [1.82, 2.24) is 0 Å². The van der Waals surface area contributed by atoms with E-state index in [9.17, 15) is 14.4 Å². The van der Waals surface area contributed by atoms with Crippen molar-refractivity contribution in [3.63, 3.8) is 0 Å². The molecule has 1 aromatic carbocycles. The third kappa shape index (κ3) is 9.08. The first-order valence-corrected chi connectivity index (χ1v) is 6.32. The summed E-state index contributed by atoms with van der Waals surface area (Å²) in [5.74, 6) is -2.55. The van der Waals surface area contributed by atoms with E-state index in [1.165, 1.54) is 0 Å². The van der Waals surface area contributed by atoms with Crippen molar-refractivity contribution < 1.29 is 29.4 Å². The zero-order valence-electron chi connectivity index (χ0n) is 12.1. The fourth-order valence-electron chi connectivity index (χ4n) is 1.30. The van der Waals surface area contributed by atoms with Gasteiger partial charge in [0.15, 0.2) is 0 Å². The Kier molecular flexibility index (Phi) is 9.41. The molecule has 120 valence electrons. The number of amides is 1. The Bertz CT molecular complexity index is 527.